The Morgan fingerprint density at radius 3 is 2.91 bits per heavy atom. The minimum absolute atomic E-state index is 0.156. The van der Waals surface area contributed by atoms with E-state index in [-0.39, 0.29) is 13.4 Å². The highest BCUT2D eigenvalue weighted by Crippen LogP contribution is 2.32. The lowest BCUT2D eigenvalue weighted by molar-refractivity contribution is 0.106. The first-order chi connectivity index (χ1) is 15.8. The quantitative estimate of drug-likeness (QED) is 0.353. The van der Waals surface area contributed by atoms with E-state index < -0.39 is 6.10 Å². The Hall–Kier alpha value is -3.62. The third-order valence-electron chi connectivity index (χ3n) is 4.72. The van der Waals surface area contributed by atoms with Crippen molar-refractivity contribution >= 4 is 6.21 Å². The summed E-state index contributed by atoms with van der Waals surface area (Å²) in [6, 6.07) is 16.9. The number of pyridine rings is 1. The fraction of sp³-hybridized carbons (Fsp3) is 0.250. The second kappa shape index (κ2) is 11.1. The van der Waals surface area contributed by atoms with Gasteiger partial charge in [-0.15, -0.1) is 0 Å². The zero-order valence-corrected chi connectivity index (χ0v) is 17.5. The van der Waals surface area contributed by atoms with Crippen LogP contribution >= 0.6 is 0 Å². The van der Waals surface area contributed by atoms with Crippen LogP contribution in [0, 0.1) is 0 Å². The second-order valence-corrected chi connectivity index (χ2v) is 7.19. The lowest BCUT2D eigenvalue weighted by Crippen LogP contribution is -2.31. The summed E-state index contributed by atoms with van der Waals surface area (Å²) in [6.45, 7) is 1.74. The van der Waals surface area contributed by atoms with E-state index in [1.165, 1.54) is 0 Å². The summed E-state index contributed by atoms with van der Waals surface area (Å²) in [4.78, 5) is 9.48. The smallest absolute Gasteiger partial charge is 0.231 e. The zero-order chi connectivity index (χ0) is 22.0. The Morgan fingerprint density at radius 1 is 1.09 bits per heavy atom. The summed E-state index contributed by atoms with van der Waals surface area (Å²) in [7, 11) is 0. The van der Waals surface area contributed by atoms with Crippen molar-refractivity contribution in [3.8, 4) is 17.2 Å². The van der Waals surface area contributed by atoms with Crippen molar-refractivity contribution < 1.29 is 24.2 Å². The summed E-state index contributed by atoms with van der Waals surface area (Å²) >= 11 is 0. The van der Waals surface area contributed by atoms with Crippen molar-refractivity contribution in [2.75, 3.05) is 19.9 Å². The molecule has 2 N–H and O–H groups in total. The summed E-state index contributed by atoms with van der Waals surface area (Å²) in [6.07, 6.45) is 4.46. The van der Waals surface area contributed by atoms with Gasteiger partial charge < -0.3 is 29.5 Å². The van der Waals surface area contributed by atoms with Gasteiger partial charge in [0.25, 0.3) is 0 Å². The number of oxime groups is 1. The van der Waals surface area contributed by atoms with Gasteiger partial charge in [0.15, 0.2) is 11.5 Å². The van der Waals surface area contributed by atoms with E-state index in [1.807, 2.05) is 54.6 Å². The molecule has 0 radical (unpaired) electrons. The number of para-hydroxylation sites is 1. The van der Waals surface area contributed by atoms with E-state index in [4.69, 9.17) is 19.0 Å². The Balaban J connectivity index is 1.22. The first-order valence-corrected chi connectivity index (χ1v) is 10.3. The topological polar surface area (TPSA) is 94.4 Å². The molecule has 8 nitrogen and oxygen atoms in total. The van der Waals surface area contributed by atoms with Gasteiger partial charge in [-0.3, -0.25) is 4.98 Å². The molecule has 3 aromatic rings. The molecule has 0 saturated heterocycles. The fourth-order valence-corrected chi connectivity index (χ4v) is 3.09. The number of ether oxygens (including phenoxy) is 3. The lowest BCUT2D eigenvalue weighted by Gasteiger charge is -2.14. The molecule has 4 rings (SSSR count). The van der Waals surface area contributed by atoms with Crippen molar-refractivity contribution in [2.45, 2.75) is 19.3 Å². The molecule has 1 aromatic heterocycles. The molecular weight excluding hydrogens is 410 g/mol. The average Bonchev–Trinajstić information content (AvgIpc) is 3.30. The van der Waals surface area contributed by atoms with Crippen molar-refractivity contribution in [1.29, 1.82) is 0 Å². The Kier molecular flexibility index (Phi) is 7.51. The van der Waals surface area contributed by atoms with E-state index in [1.54, 1.807) is 18.6 Å². The standard InChI is InChI=1S/C24H25N3O5/c28-21(14-26-12-19-4-3-9-25-11-19)16-29-22-6-2-1-5-20(22)13-27-32-15-18-7-8-23-24(10-18)31-17-30-23/h1-11,13,21,26,28H,12,14-17H2/b27-13+. The molecule has 0 saturated carbocycles. The van der Waals surface area contributed by atoms with Crippen LogP contribution in [0.4, 0.5) is 0 Å². The van der Waals surface area contributed by atoms with Gasteiger partial charge in [0.2, 0.25) is 6.79 Å². The lowest BCUT2D eigenvalue weighted by atomic mass is 10.2. The average molecular weight is 435 g/mol. The van der Waals surface area contributed by atoms with Crippen LogP contribution < -0.4 is 19.5 Å². The highest BCUT2D eigenvalue weighted by molar-refractivity contribution is 5.83. The molecule has 32 heavy (non-hydrogen) atoms. The Labute approximate surface area is 186 Å². The number of nitrogens with zero attached hydrogens (tertiary/aromatic N) is 2. The molecule has 0 bridgehead atoms. The van der Waals surface area contributed by atoms with E-state index in [9.17, 15) is 5.11 Å². The van der Waals surface area contributed by atoms with Gasteiger partial charge in [0, 0.05) is 31.0 Å². The van der Waals surface area contributed by atoms with Gasteiger partial charge in [-0.05, 0) is 41.5 Å². The first-order valence-electron chi connectivity index (χ1n) is 10.3. The van der Waals surface area contributed by atoms with Crippen LogP contribution in [0.15, 0.2) is 72.1 Å². The number of hydrogen-bond acceptors (Lipinski definition) is 8. The summed E-state index contributed by atoms with van der Waals surface area (Å²) < 4.78 is 16.5. The van der Waals surface area contributed by atoms with Crippen molar-refractivity contribution in [2.24, 2.45) is 5.16 Å². The van der Waals surface area contributed by atoms with Crippen LogP contribution in [0.1, 0.15) is 16.7 Å². The molecular formula is C24H25N3O5. The number of nitrogens with one attached hydrogen (secondary N) is 1. The minimum Gasteiger partial charge on any atom is -0.490 e. The minimum atomic E-state index is -0.654. The molecule has 1 atom stereocenters. The van der Waals surface area contributed by atoms with Crippen molar-refractivity contribution in [3.63, 3.8) is 0 Å². The van der Waals surface area contributed by atoms with Crippen LogP contribution in [0.5, 0.6) is 17.2 Å². The molecule has 0 aliphatic carbocycles. The third-order valence-corrected chi connectivity index (χ3v) is 4.72. The predicted molar refractivity (Wildman–Crippen MR) is 119 cm³/mol. The SMILES string of the molecule is OC(CNCc1cccnc1)COc1ccccc1/C=N/OCc1ccc2c(c1)OCO2. The monoisotopic (exact) mass is 435 g/mol. The normalized spacial score (nSPS) is 13.3. The van der Waals surface area contributed by atoms with Crippen molar-refractivity contribution in [3.05, 3.63) is 83.7 Å². The maximum Gasteiger partial charge on any atom is 0.231 e. The van der Waals surface area contributed by atoms with Crippen LogP contribution in [-0.4, -0.2) is 42.4 Å². The van der Waals surface area contributed by atoms with Gasteiger partial charge in [0.1, 0.15) is 25.1 Å². The Morgan fingerprint density at radius 2 is 2.00 bits per heavy atom. The molecule has 166 valence electrons. The molecule has 2 aromatic carbocycles. The van der Waals surface area contributed by atoms with Crippen molar-refractivity contribution in [1.82, 2.24) is 10.3 Å². The van der Waals surface area contributed by atoms with E-state index >= 15 is 0 Å². The highest BCUT2D eigenvalue weighted by atomic mass is 16.7. The molecule has 0 fully saturated rings. The van der Waals surface area contributed by atoms with Gasteiger partial charge in [-0.2, -0.15) is 0 Å². The maximum absolute atomic E-state index is 10.2. The molecule has 0 spiro atoms. The van der Waals surface area contributed by atoms with Gasteiger partial charge in [-0.25, -0.2) is 0 Å². The largest absolute Gasteiger partial charge is 0.490 e. The highest BCUT2D eigenvalue weighted by Gasteiger charge is 2.13. The number of benzene rings is 2. The second-order valence-electron chi connectivity index (χ2n) is 7.19. The number of aromatic nitrogens is 1. The molecule has 1 unspecified atom stereocenters. The molecule has 0 amide bonds. The van der Waals surface area contributed by atoms with Crippen LogP contribution in [0.3, 0.4) is 0 Å². The van der Waals surface area contributed by atoms with Crippen LogP contribution in [0.2, 0.25) is 0 Å². The molecule has 1 aliphatic rings. The van der Waals surface area contributed by atoms with Gasteiger partial charge >= 0.3 is 0 Å². The Bertz CT molecular complexity index is 1030. The first kappa shape index (κ1) is 21.6. The number of fused-ring (bicyclic) bond motifs is 1. The molecule has 2 heterocycles. The van der Waals surface area contributed by atoms with Gasteiger partial charge in [-0.1, -0.05) is 29.4 Å². The number of aliphatic hydroxyl groups is 1. The van der Waals surface area contributed by atoms with Crippen LogP contribution in [-0.2, 0) is 18.0 Å². The summed E-state index contributed by atoms with van der Waals surface area (Å²) in [5.74, 6) is 2.06. The number of rotatable bonds is 11. The van der Waals surface area contributed by atoms with Crippen LogP contribution in [0.25, 0.3) is 0 Å². The zero-order valence-electron chi connectivity index (χ0n) is 17.5. The maximum atomic E-state index is 10.2. The fourth-order valence-electron chi connectivity index (χ4n) is 3.09. The van der Waals surface area contributed by atoms with E-state index in [0.29, 0.717) is 31.2 Å². The van der Waals surface area contributed by atoms with Gasteiger partial charge in [0.05, 0.1) is 6.21 Å². The molecule has 8 heteroatoms. The number of hydrogen-bond donors (Lipinski definition) is 2. The van der Waals surface area contributed by atoms with E-state index in [0.717, 1.165) is 22.4 Å². The molecule has 1 aliphatic heterocycles. The number of aliphatic hydroxyl groups excluding tert-OH is 1. The summed E-state index contributed by atoms with van der Waals surface area (Å²) in [5, 5.41) is 17.4. The third kappa shape index (κ3) is 6.19. The predicted octanol–water partition coefficient (Wildman–Crippen LogP) is 2.89. The summed E-state index contributed by atoms with van der Waals surface area (Å²) in [5.41, 5.74) is 2.74. The van der Waals surface area contributed by atoms with E-state index in [2.05, 4.69) is 15.5 Å².